The summed E-state index contributed by atoms with van der Waals surface area (Å²) in [6.45, 7) is 6.03. The Hall–Kier alpha value is -0.280. The Morgan fingerprint density at radius 3 is 2.50 bits per heavy atom. The van der Waals surface area contributed by atoms with E-state index >= 15 is 0 Å². The molecule has 0 aromatic heterocycles. The molecule has 3 nitrogen and oxygen atoms in total. The van der Waals surface area contributed by atoms with E-state index in [-0.39, 0.29) is 23.9 Å². The molecule has 1 amide bonds. The predicted molar refractivity (Wildman–Crippen MR) is 76.8 cm³/mol. The van der Waals surface area contributed by atoms with E-state index in [4.69, 9.17) is 5.73 Å². The number of rotatable bonds is 3. The smallest absolute Gasteiger partial charge is 0.222 e. The third kappa shape index (κ3) is 3.61. The minimum absolute atomic E-state index is 0. The molecule has 0 aromatic carbocycles. The van der Waals surface area contributed by atoms with Crippen molar-refractivity contribution in [2.75, 3.05) is 13.1 Å². The molecule has 0 bridgehead atoms. The summed E-state index contributed by atoms with van der Waals surface area (Å²) in [5.41, 5.74) is 6.16. The molecule has 1 unspecified atom stereocenters. The molecule has 1 saturated carbocycles. The van der Waals surface area contributed by atoms with Gasteiger partial charge in [0.1, 0.15) is 0 Å². The topological polar surface area (TPSA) is 46.3 Å². The lowest BCUT2D eigenvalue weighted by atomic mass is 9.79. The van der Waals surface area contributed by atoms with Gasteiger partial charge in [-0.2, -0.15) is 0 Å². The molecule has 0 radical (unpaired) electrons. The van der Waals surface area contributed by atoms with Crippen LogP contribution < -0.4 is 5.73 Å². The van der Waals surface area contributed by atoms with Crippen LogP contribution in [0.5, 0.6) is 0 Å². The fourth-order valence-electron chi connectivity index (χ4n) is 2.85. The van der Waals surface area contributed by atoms with Crippen molar-refractivity contribution >= 4 is 18.3 Å². The maximum Gasteiger partial charge on any atom is 0.222 e. The highest BCUT2D eigenvalue weighted by atomic mass is 35.5. The molecule has 2 fully saturated rings. The SMILES string of the molecule is CC1(C)CN(C(=O)CCC2CCC2)CCC1N.Cl. The molecule has 2 rings (SSSR count). The fourth-order valence-corrected chi connectivity index (χ4v) is 2.85. The van der Waals surface area contributed by atoms with E-state index in [2.05, 4.69) is 13.8 Å². The summed E-state index contributed by atoms with van der Waals surface area (Å²) in [5.74, 6) is 1.18. The van der Waals surface area contributed by atoms with Crippen molar-refractivity contribution in [3.05, 3.63) is 0 Å². The highest BCUT2D eigenvalue weighted by molar-refractivity contribution is 5.85. The summed E-state index contributed by atoms with van der Waals surface area (Å²) in [5, 5.41) is 0. The number of amides is 1. The summed E-state index contributed by atoms with van der Waals surface area (Å²) in [4.78, 5) is 14.2. The minimum Gasteiger partial charge on any atom is -0.342 e. The molecule has 1 aliphatic carbocycles. The number of nitrogens with two attached hydrogens (primary N) is 1. The second-order valence-electron chi connectivity index (χ2n) is 6.53. The molecule has 1 aliphatic heterocycles. The van der Waals surface area contributed by atoms with Gasteiger partial charge in [0.15, 0.2) is 0 Å². The quantitative estimate of drug-likeness (QED) is 0.860. The van der Waals surface area contributed by atoms with E-state index in [1.807, 2.05) is 4.90 Å². The van der Waals surface area contributed by atoms with Gasteiger partial charge in [0.05, 0.1) is 0 Å². The molecule has 18 heavy (non-hydrogen) atoms. The van der Waals surface area contributed by atoms with Crippen molar-refractivity contribution in [1.82, 2.24) is 4.90 Å². The van der Waals surface area contributed by atoms with Gasteiger partial charge in [-0.3, -0.25) is 4.79 Å². The first-order chi connectivity index (χ1) is 7.99. The van der Waals surface area contributed by atoms with Gasteiger partial charge >= 0.3 is 0 Å². The van der Waals surface area contributed by atoms with Crippen LogP contribution in [0, 0.1) is 11.3 Å². The Kier molecular flexibility index (Phi) is 5.47. The van der Waals surface area contributed by atoms with E-state index in [1.165, 1.54) is 19.3 Å². The van der Waals surface area contributed by atoms with Gasteiger partial charge in [-0.05, 0) is 24.2 Å². The molecular weight excluding hydrogens is 248 g/mol. The average Bonchev–Trinajstić information content (AvgIpc) is 2.19. The summed E-state index contributed by atoms with van der Waals surface area (Å²) >= 11 is 0. The van der Waals surface area contributed by atoms with E-state index in [1.54, 1.807) is 0 Å². The van der Waals surface area contributed by atoms with Crippen LogP contribution in [-0.2, 0) is 4.79 Å². The third-order valence-corrected chi connectivity index (χ3v) is 4.66. The van der Waals surface area contributed by atoms with E-state index in [9.17, 15) is 4.79 Å². The summed E-state index contributed by atoms with van der Waals surface area (Å²) in [7, 11) is 0. The predicted octanol–water partition coefficient (Wildman–Crippen LogP) is 2.57. The molecule has 1 heterocycles. The molecule has 0 aromatic rings. The van der Waals surface area contributed by atoms with Crippen LogP contribution >= 0.6 is 12.4 Å². The number of hydrogen-bond acceptors (Lipinski definition) is 2. The molecule has 1 saturated heterocycles. The van der Waals surface area contributed by atoms with Crippen LogP contribution in [0.3, 0.4) is 0 Å². The molecular formula is C14H27ClN2O. The number of carbonyl (C=O) groups is 1. The molecule has 1 atom stereocenters. The number of halogens is 1. The van der Waals surface area contributed by atoms with Crippen LogP contribution in [-0.4, -0.2) is 29.9 Å². The number of carbonyl (C=O) groups excluding carboxylic acids is 1. The van der Waals surface area contributed by atoms with Crippen LogP contribution in [0.2, 0.25) is 0 Å². The Morgan fingerprint density at radius 1 is 1.33 bits per heavy atom. The van der Waals surface area contributed by atoms with Gasteiger partial charge in [-0.15, -0.1) is 12.4 Å². The molecule has 4 heteroatoms. The highest BCUT2D eigenvalue weighted by Crippen LogP contribution is 2.32. The summed E-state index contributed by atoms with van der Waals surface area (Å²) in [6.07, 6.45) is 6.83. The van der Waals surface area contributed by atoms with E-state index in [0.717, 1.165) is 38.3 Å². The molecule has 0 spiro atoms. The summed E-state index contributed by atoms with van der Waals surface area (Å²) in [6, 6.07) is 0.234. The lowest BCUT2D eigenvalue weighted by Crippen LogP contribution is -2.54. The highest BCUT2D eigenvalue weighted by Gasteiger charge is 2.35. The monoisotopic (exact) mass is 274 g/mol. The lowest BCUT2D eigenvalue weighted by molar-refractivity contribution is -0.135. The number of hydrogen-bond donors (Lipinski definition) is 1. The van der Waals surface area contributed by atoms with Gasteiger partial charge in [0.25, 0.3) is 0 Å². The van der Waals surface area contributed by atoms with Crippen LogP contribution in [0.15, 0.2) is 0 Å². The van der Waals surface area contributed by atoms with Crippen LogP contribution in [0.4, 0.5) is 0 Å². The van der Waals surface area contributed by atoms with E-state index < -0.39 is 0 Å². The van der Waals surface area contributed by atoms with Crippen LogP contribution in [0.25, 0.3) is 0 Å². The van der Waals surface area contributed by atoms with Gasteiger partial charge in [-0.25, -0.2) is 0 Å². The Morgan fingerprint density at radius 2 is 2.00 bits per heavy atom. The number of likely N-dealkylation sites (tertiary alicyclic amines) is 1. The minimum atomic E-state index is 0. The largest absolute Gasteiger partial charge is 0.342 e. The van der Waals surface area contributed by atoms with Gasteiger partial charge < -0.3 is 10.6 Å². The normalized spacial score (nSPS) is 27.3. The van der Waals surface area contributed by atoms with Crippen molar-refractivity contribution in [2.24, 2.45) is 17.1 Å². The zero-order valence-corrected chi connectivity index (χ0v) is 12.5. The van der Waals surface area contributed by atoms with Crippen molar-refractivity contribution < 1.29 is 4.79 Å². The third-order valence-electron chi connectivity index (χ3n) is 4.66. The number of nitrogens with zero attached hydrogens (tertiary/aromatic N) is 1. The average molecular weight is 275 g/mol. The van der Waals surface area contributed by atoms with Gasteiger partial charge in [0, 0.05) is 25.6 Å². The Labute approximate surface area is 117 Å². The standard InChI is InChI=1S/C14H26N2O.ClH/c1-14(2)10-16(9-8-12(14)15)13(17)7-6-11-4-3-5-11;/h11-12H,3-10,15H2,1-2H3;1H. The van der Waals surface area contributed by atoms with Crippen molar-refractivity contribution in [2.45, 2.75) is 58.4 Å². The molecule has 2 aliphatic rings. The Balaban J connectivity index is 0.00000162. The fraction of sp³-hybridized carbons (Fsp3) is 0.929. The van der Waals surface area contributed by atoms with Crippen molar-refractivity contribution in [3.8, 4) is 0 Å². The first-order valence-electron chi connectivity index (χ1n) is 7.02. The first kappa shape index (κ1) is 15.8. The van der Waals surface area contributed by atoms with Crippen molar-refractivity contribution in [1.29, 1.82) is 0 Å². The summed E-state index contributed by atoms with van der Waals surface area (Å²) < 4.78 is 0. The second kappa shape index (κ2) is 6.25. The maximum absolute atomic E-state index is 12.1. The second-order valence-corrected chi connectivity index (χ2v) is 6.53. The van der Waals surface area contributed by atoms with Crippen molar-refractivity contribution in [3.63, 3.8) is 0 Å². The Bertz CT molecular complexity index is 290. The maximum atomic E-state index is 12.1. The molecule has 106 valence electrons. The number of piperidine rings is 1. The zero-order valence-electron chi connectivity index (χ0n) is 11.7. The van der Waals surface area contributed by atoms with Gasteiger partial charge in [-0.1, -0.05) is 33.1 Å². The van der Waals surface area contributed by atoms with E-state index in [0.29, 0.717) is 5.91 Å². The lowest BCUT2D eigenvalue weighted by Gasteiger charge is -2.42. The van der Waals surface area contributed by atoms with Gasteiger partial charge in [0.2, 0.25) is 5.91 Å². The first-order valence-corrected chi connectivity index (χ1v) is 7.02. The molecule has 2 N–H and O–H groups in total. The van der Waals surface area contributed by atoms with Crippen LogP contribution in [0.1, 0.15) is 52.4 Å². The zero-order chi connectivity index (χ0) is 12.5.